The highest BCUT2D eigenvalue weighted by molar-refractivity contribution is 6.32. The molecule has 0 aliphatic rings. The summed E-state index contributed by atoms with van der Waals surface area (Å²) in [5.74, 6) is -0.410. The third-order valence-corrected chi connectivity index (χ3v) is 3.00. The summed E-state index contributed by atoms with van der Waals surface area (Å²) in [7, 11) is 1.59. The Bertz CT molecular complexity index is 493. The molecule has 0 aliphatic carbocycles. The molecular weight excluding hydrogens is 284 g/mol. The second kappa shape index (κ2) is 7.59. The topological polar surface area (TPSA) is 78.9 Å². The van der Waals surface area contributed by atoms with E-state index in [1.165, 1.54) is 17.9 Å². The summed E-state index contributed by atoms with van der Waals surface area (Å²) < 4.78 is 4.75. The predicted octanol–water partition coefficient (Wildman–Crippen LogP) is 1.75. The van der Waals surface area contributed by atoms with E-state index < -0.39 is 0 Å². The zero-order valence-corrected chi connectivity index (χ0v) is 12.1. The number of nitrogens with one attached hydrogen (secondary N) is 1. The molecule has 0 radical (unpaired) electrons. The highest BCUT2D eigenvalue weighted by atomic mass is 35.5. The molecule has 0 spiro atoms. The van der Waals surface area contributed by atoms with E-state index in [0.29, 0.717) is 12.1 Å². The van der Waals surface area contributed by atoms with Crippen LogP contribution in [-0.4, -0.2) is 42.2 Å². The number of phenolic OH excluding ortho intramolecular Hbond substituents is 1. The first-order valence-corrected chi connectivity index (χ1v) is 6.38. The van der Waals surface area contributed by atoms with Gasteiger partial charge in [-0.25, -0.2) is 4.79 Å². The SMILES string of the molecule is CC(=O)OCCN(C)C(=O)NCc1cccc(O)c1Cl. The lowest BCUT2D eigenvalue weighted by Gasteiger charge is -2.18. The van der Waals surface area contributed by atoms with Gasteiger partial charge in [0.2, 0.25) is 0 Å². The minimum atomic E-state index is -0.384. The van der Waals surface area contributed by atoms with E-state index in [2.05, 4.69) is 5.32 Å². The molecule has 0 saturated carbocycles. The van der Waals surface area contributed by atoms with E-state index in [4.69, 9.17) is 16.3 Å². The number of carbonyl (C=O) groups is 2. The van der Waals surface area contributed by atoms with Crippen LogP contribution in [0, 0.1) is 0 Å². The number of carbonyl (C=O) groups excluding carboxylic acids is 2. The lowest BCUT2D eigenvalue weighted by atomic mass is 10.2. The molecule has 0 aliphatic heterocycles. The van der Waals surface area contributed by atoms with Gasteiger partial charge in [-0.3, -0.25) is 4.79 Å². The fourth-order valence-electron chi connectivity index (χ4n) is 1.44. The van der Waals surface area contributed by atoms with Gasteiger partial charge < -0.3 is 20.1 Å². The highest BCUT2D eigenvalue weighted by Crippen LogP contribution is 2.26. The maximum atomic E-state index is 11.8. The van der Waals surface area contributed by atoms with E-state index >= 15 is 0 Å². The van der Waals surface area contributed by atoms with Crippen molar-refractivity contribution in [3.05, 3.63) is 28.8 Å². The van der Waals surface area contributed by atoms with Crippen LogP contribution in [0.1, 0.15) is 12.5 Å². The maximum absolute atomic E-state index is 11.8. The van der Waals surface area contributed by atoms with Crippen molar-refractivity contribution in [3.63, 3.8) is 0 Å². The first-order chi connectivity index (χ1) is 9.41. The smallest absolute Gasteiger partial charge is 0.317 e. The number of aromatic hydroxyl groups is 1. The second-order valence-corrected chi connectivity index (χ2v) is 4.55. The number of phenols is 1. The molecule has 7 heteroatoms. The van der Waals surface area contributed by atoms with E-state index in [1.807, 2.05) is 0 Å². The van der Waals surface area contributed by atoms with Gasteiger partial charge in [-0.2, -0.15) is 0 Å². The van der Waals surface area contributed by atoms with Gasteiger partial charge in [0.05, 0.1) is 11.6 Å². The van der Waals surface area contributed by atoms with Crippen LogP contribution in [-0.2, 0) is 16.1 Å². The number of benzene rings is 1. The van der Waals surface area contributed by atoms with Gasteiger partial charge in [0.15, 0.2) is 0 Å². The van der Waals surface area contributed by atoms with E-state index in [1.54, 1.807) is 19.2 Å². The van der Waals surface area contributed by atoms with E-state index in [0.717, 1.165) is 0 Å². The predicted molar refractivity (Wildman–Crippen MR) is 74.6 cm³/mol. The summed E-state index contributed by atoms with van der Waals surface area (Å²) in [5.41, 5.74) is 0.619. The Morgan fingerprint density at radius 3 is 2.80 bits per heavy atom. The lowest BCUT2D eigenvalue weighted by molar-refractivity contribution is -0.141. The van der Waals surface area contributed by atoms with Gasteiger partial charge in [-0.1, -0.05) is 23.7 Å². The molecule has 1 aromatic rings. The minimum Gasteiger partial charge on any atom is -0.506 e. The van der Waals surface area contributed by atoms with E-state index in [-0.39, 0.29) is 35.9 Å². The van der Waals surface area contributed by atoms with Crippen molar-refractivity contribution in [1.82, 2.24) is 10.2 Å². The summed E-state index contributed by atoms with van der Waals surface area (Å²) in [6, 6.07) is 4.50. The summed E-state index contributed by atoms with van der Waals surface area (Å²) in [6.07, 6.45) is 0. The van der Waals surface area contributed by atoms with Crippen LogP contribution in [0.4, 0.5) is 4.79 Å². The van der Waals surface area contributed by atoms with Gasteiger partial charge >= 0.3 is 12.0 Å². The Kier molecular flexibility index (Phi) is 6.11. The molecule has 20 heavy (non-hydrogen) atoms. The molecule has 0 atom stereocenters. The Morgan fingerprint density at radius 2 is 2.15 bits per heavy atom. The van der Waals surface area contributed by atoms with Crippen LogP contribution < -0.4 is 5.32 Å². The number of likely N-dealkylation sites (N-methyl/N-ethyl adjacent to an activating group) is 1. The number of hydrogen-bond acceptors (Lipinski definition) is 4. The van der Waals surface area contributed by atoms with Gasteiger partial charge in [-0.05, 0) is 11.6 Å². The first kappa shape index (κ1) is 16.1. The number of ether oxygens (including phenoxy) is 1. The molecule has 110 valence electrons. The zero-order valence-electron chi connectivity index (χ0n) is 11.4. The fraction of sp³-hybridized carbons (Fsp3) is 0.385. The molecule has 2 amide bonds. The van der Waals surface area contributed by atoms with Crippen LogP contribution in [0.2, 0.25) is 5.02 Å². The van der Waals surface area contributed by atoms with Gasteiger partial charge in [-0.15, -0.1) is 0 Å². The van der Waals surface area contributed by atoms with Gasteiger partial charge in [0.25, 0.3) is 0 Å². The van der Waals surface area contributed by atoms with Crippen molar-refractivity contribution in [2.75, 3.05) is 20.2 Å². The van der Waals surface area contributed by atoms with Gasteiger partial charge in [0.1, 0.15) is 12.4 Å². The van der Waals surface area contributed by atoms with Crippen LogP contribution in [0.25, 0.3) is 0 Å². The Hall–Kier alpha value is -1.95. The van der Waals surface area contributed by atoms with Crippen molar-refractivity contribution in [1.29, 1.82) is 0 Å². The lowest BCUT2D eigenvalue weighted by Crippen LogP contribution is -2.38. The zero-order chi connectivity index (χ0) is 15.1. The number of hydrogen-bond donors (Lipinski definition) is 2. The Labute approximate surface area is 122 Å². The summed E-state index contributed by atoms with van der Waals surface area (Å²) in [4.78, 5) is 23.7. The molecule has 1 rings (SSSR count). The largest absolute Gasteiger partial charge is 0.506 e. The second-order valence-electron chi connectivity index (χ2n) is 4.17. The molecule has 0 fully saturated rings. The van der Waals surface area contributed by atoms with Crippen molar-refractivity contribution in [2.45, 2.75) is 13.5 Å². The summed E-state index contributed by atoms with van der Waals surface area (Å²) >= 11 is 5.90. The molecule has 0 unspecified atom stereocenters. The average Bonchev–Trinajstić information content (AvgIpc) is 2.39. The van der Waals surface area contributed by atoms with Crippen LogP contribution >= 0.6 is 11.6 Å². The number of rotatable bonds is 5. The quantitative estimate of drug-likeness (QED) is 0.812. The summed E-state index contributed by atoms with van der Waals surface area (Å²) in [6.45, 7) is 1.94. The number of amides is 2. The Morgan fingerprint density at radius 1 is 1.45 bits per heavy atom. The fourth-order valence-corrected chi connectivity index (χ4v) is 1.63. The third kappa shape index (κ3) is 4.97. The number of urea groups is 1. The molecule has 0 heterocycles. The molecule has 6 nitrogen and oxygen atoms in total. The van der Waals surface area contributed by atoms with Crippen LogP contribution in [0.3, 0.4) is 0 Å². The summed E-state index contributed by atoms with van der Waals surface area (Å²) in [5, 5.41) is 12.3. The van der Waals surface area contributed by atoms with Crippen molar-refractivity contribution in [2.24, 2.45) is 0 Å². The monoisotopic (exact) mass is 300 g/mol. The average molecular weight is 301 g/mol. The number of halogens is 1. The van der Waals surface area contributed by atoms with Crippen molar-refractivity contribution in [3.8, 4) is 5.75 Å². The highest BCUT2D eigenvalue weighted by Gasteiger charge is 2.10. The Balaban J connectivity index is 2.42. The minimum absolute atomic E-state index is 0.0263. The molecule has 1 aromatic carbocycles. The molecular formula is C13H17ClN2O4. The standard InChI is InChI=1S/C13H17ClN2O4/c1-9(17)20-7-6-16(2)13(19)15-8-10-4-3-5-11(18)12(10)14/h3-5,18H,6-8H2,1-2H3,(H,15,19). The van der Waals surface area contributed by atoms with Crippen molar-refractivity contribution >= 4 is 23.6 Å². The van der Waals surface area contributed by atoms with Gasteiger partial charge in [0, 0.05) is 20.5 Å². The molecule has 0 saturated heterocycles. The van der Waals surface area contributed by atoms with Crippen LogP contribution in [0.5, 0.6) is 5.75 Å². The number of nitrogens with zero attached hydrogens (tertiary/aromatic N) is 1. The maximum Gasteiger partial charge on any atom is 0.317 e. The normalized spacial score (nSPS) is 9.95. The number of esters is 1. The molecule has 0 bridgehead atoms. The third-order valence-electron chi connectivity index (χ3n) is 2.57. The molecule has 2 N–H and O–H groups in total. The van der Waals surface area contributed by atoms with E-state index in [9.17, 15) is 14.7 Å². The molecule has 0 aromatic heterocycles. The van der Waals surface area contributed by atoms with Crippen molar-refractivity contribution < 1.29 is 19.4 Å². The van der Waals surface area contributed by atoms with Crippen LogP contribution in [0.15, 0.2) is 18.2 Å². The first-order valence-electron chi connectivity index (χ1n) is 6.00.